The molecule has 2 aromatic carbocycles. The zero-order chi connectivity index (χ0) is 15.6. The zero-order valence-corrected chi connectivity index (χ0v) is 13.4. The Bertz CT molecular complexity index is 731. The average molecular weight is 316 g/mol. The van der Waals surface area contributed by atoms with E-state index < -0.39 is 10.0 Å². The highest BCUT2D eigenvalue weighted by Crippen LogP contribution is 2.23. The topological polar surface area (TPSA) is 49.4 Å². The highest BCUT2D eigenvalue weighted by atomic mass is 32.2. The molecule has 3 rings (SSSR count). The van der Waals surface area contributed by atoms with Crippen LogP contribution in [0.2, 0.25) is 0 Å². The number of rotatable bonds is 4. The van der Waals surface area contributed by atoms with Gasteiger partial charge < -0.3 is 4.90 Å². The molecule has 0 bridgehead atoms. The van der Waals surface area contributed by atoms with Crippen LogP contribution in [0.1, 0.15) is 18.4 Å². The second-order valence-electron chi connectivity index (χ2n) is 5.66. The van der Waals surface area contributed by atoms with Crippen LogP contribution in [-0.2, 0) is 10.0 Å². The van der Waals surface area contributed by atoms with Crippen LogP contribution < -0.4 is 9.62 Å². The van der Waals surface area contributed by atoms with Gasteiger partial charge in [0.1, 0.15) is 0 Å². The minimum atomic E-state index is -3.53. The first-order chi connectivity index (χ1) is 10.5. The van der Waals surface area contributed by atoms with Crippen molar-refractivity contribution < 1.29 is 8.42 Å². The first-order valence-electron chi connectivity index (χ1n) is 7.49. The van der Waals surface area contributed by atoms with Crippen LogP contribution in [0, 0.1) is 6.92 Å². The van der Waals surface area contributed by atoms with Crippen LogP contribution in [0.25, 0.3) is 0 Å². The maximum atomic E-state index is 12.3. The quantitative estimate of drug-likeness (QED) is 0.940. The molecule has 1 saturated heterocycles. The maximum Gasteiger partial charge on any atom is 0.261 e. The predicted molar refractivity (Wildman–Crippen MR) is 89.9 cm³/mol. The molecule has 0 amide bonds. The van der Waals surface area contributed by atoms with Crippen molar-refractivity contribution in [2.24, 2.45) is 0 Å². The summed E-state index contributed by atoms with van der Waals surface area (Å²) in [5.74, 6) is 0. The molecule has 0 aromatic heterocycles. The van der Waals surface area contributed by atoms with E-state index in [1.54, 1.807) is 24.3 Å². The van der Waals surface area contributed by atoms with E-state index in [2.05, 4.69) is 9.62 Å². The van der Waals surface area contributed by atoms with E-state index in [1.807, 2.05) is 31.2 Å². The van der Waals surface area contributed by atoms with Crippen molar-refractivity contribution in [2.75, 3.05) is 22.7 Å². The third-order valence-corrected chi connectivity index (χ3v) is 5.32. The van der Waals surface area contributed by atoms with Gasteiger partial charge in [0.15, 0.2) is 0 Å². The summed E-state index contributed by atoms with van der Waals surface area (Å²) < 4.78 is 27.3. The van der Waals surface area contributed by atoms with Gasteiger partial charge in [0.05, 0.1) is 4.90 Å². The monoisotopic (exact) mass is 316 g/mol. The van der Waals surface area contributed by atoms with Crippen LogP contribution >= 0.6 is 0 Å². The van der Waals surface area contributed by atoms with Crippen LogP contribution in [-0.4, -0.2) is 21.5 Å². The number of anilines is 2. The number of nitrogens with zero attached hydrogens (tertiary/aromatic N) is 1. The van der Waals surface area contributed by atoms with Gasteiger partial charge in [0, 0.05) is 24.5 Å². The van der Waals surface area contributed by atoms with Gasteiger partial charge in [-0.2, -0.15) is 0 Å². The molecule has 1 aliphatic heterocycles. The summed E-state index contributed by atoms with van der Waals surface area (Å²) >= 11 is 0. The lowest BCUT2D eigenvalue weighted by atomic mass is 10.2. The molecule has 0 unspecified atom stereocenters. The van der Waals surface area contributed by atoms with E-state index in [1.165, 1.54) is 12.8 Å². The van der Waals surface area contributed by atoms with Gasteiger partial charge in [-0.1, -0.05) is 17.7 Å². The van der Waals surface area contributed by atoms with Crippen molar-refractivity contribution in [1.29, 1.82) is 0 Å². The number of benzene rings is 2. The lowest BCUT2D eigenvalue weighted by Crippen LogP contribution is -2.17. The molecule has 0 aliphatic carbocycles. The van der Waals surface area contributed by atoms with E-state index in [9.17, 15) is 8.42 Å². The summed E-state index contributed by atoms with van der Waals surface area (Å²) in [6.07, 6.45) is 2.45. The zero-order valence-electron chi connectivity index (χ0n) is 12.6. The summed E-state index contributed by atoms with van der Waals surface area (Å²) in [5, 5.41) is 0. The van der Waals surface area contributed by atoms with Gasteiger partial charge in [0.2, 0.25) is 0 Å². The van der Waals surface area contributed by atoms with E-state index in [4.69, 9.17) is 0 Å². The predicted octanol–water partition coefficient (Wildman–Crippen LogP) is 3.40. The Morgan fingerprint density at radius 3 is 2.09 bits per heavy atom. The van der Waals surface area contributed by atoms with Gasteiger partial charge in [-0.25, -0.2) is 8.42 Å². The minimum absolute atomic E-state index is 0.279. The molecule has 0 spiro atoms. The summed E-state index contributed by atoms with van der Waals surface area (Å²) in [5.41, 5.74) is 2.77. The first kappa shape index (κ1) is 14.9. The summed E-state index contributed by atoms with van der Waals surface area (Å²) in [4.78, 5) is 2.60. The number of nitrogens with one attached hydrogen (secondary N) is 1. The molecule has 4 nitrogen and oxygen atoms in total. The third kappa shape index (κ3) is 3.25. The van der Waals surface area contributed by atoms with Crippen LogP contribution in [0.4, 0.5) is 11.4 Å². The molecule has 1 aliphatic rings. The normalized spacial score (nSPS) is 15.0. The van der Waals surface area contributed by atoms with Gasteiger partial charge in [-0.15, -0.1) is 0 Å². The van der Waals surface area contributed by atoms with Crippen LogP contribution in [0.3, 0.4) is 0 Å². The smallest absolute Gasteiger partial charge is 0.261 e. The van der Waals surface area contributed by atoms with Gasteiger partial charge in [-0.3, -0.25) is 4.72 Å². The Morgan fingerprint density at radius 2 is 1.50 bits per heavy atom. The van der Waals surface area contributed by atoms with E-state index in [0.717, 1.165) is 24.3 Å². The highest BCUT2D eigenvalue weighted by Gasteiger charge is 2.15. The Labute approximate surface area is 131 Å². The maximum absolute atomic E-state index is 12.3. The van der Waals surface area contributed by atoms with Crippen molar-refractivity contribution in [3.05, 3.63) is 54.1 Å². The van der Waals surface area contributed by atoms with Crippen molar-refractivity contribution in [3.8, 4) is 0 Å². The summed E-state index contributed by atoms with van der Waals surface area (Å²) in [7, 11) is -3.53. The molecule has 22 heavy (non-hydrogen) atoms. The first-order valence-corrected chi connectivity index (χ1v) is 8.97. The molecule has 1 heterocycles. The minimum Gasteiger partial charge on any atom is -0.372 e. The number of sulfonamides is 1. The van der Waals surface area contributed by atoms with Crippen LogP contribution in [0.5, 0.6) is 0 Å². The molecular weight excluding hydrogens is 296 g/mol. The lowest BCUT2D eigenvalue weighted by molar-refractivity contribution is 0.601. The van der Waals surface area contributed by atoms with Crippen LogP contribution in [0.15, 0.2) is 53.4 Å². The second kappa shape index (κ2) is 6.01. The molecule has 5 heteroatoms. The fraction of sp³-hybridized carbons (Fsp3) is 0.294. The van der Waals surface area contributed by atoms with E-state index in [0.29, 0.717) is 5.69 Å². The standard InChI is InChI=1S/C17H20N2O2S/c1-14-4-10-17(11-5-14)22(20,21)18-15-6-8-16(9-7-15)19-12-2-3-13-19/h4-11,18H,2-3,12-13H2,1H3. The lowest BCUT2D eigenvalue weighted by Gasteiger charge is -2.18. The molecule has 2 aromatic rings. The van der Waals surface area contributed by atoms with Gasteiger partial charge >= 0.3 is 0 Å². The number of hydrogen-bond acceptors (Lipinski definition) is 3. The molecular formula is C17H20N2O2S. The largest absolute Gasteiger partial charge is 0.372 e. The van der Waals surface area contributed by atoms with Crippen molar-refractivity contribution >= 4 is 21.4 Å². The third-order valence-electron chi connectivity index (χ3n) is 3.92. The molecule has 0 radical (unpaired) electrons. The molecule has 0 saturated carbocycles. The average Bonchev–Trinajstić information content (AvgIpc) is 3.02. The van der Waals surface area contributed by atoms with Crippen molar-refractivity contribution in [3.63, 3.8) is 0 Å². The van der Waals surface area contributed by atoms with E-state index >= 15 is 0 Å². The molecule has 1 fully saturated rings. The summed E-state index contributed by atoms with van der Waals surface area (Å²) in [6, 6.07) is 14.4. The molecule has 1 N–H and O–H groups in total. The Balaban J connectivity index is 1.75. The fourth-order valence-electron chi connectivity index (χ4n) is 2.65. The Hall–Kier alpha value is -2.01. The van der Waals surface area contributed by atoms with Gasteiger partial charge in [0.25, 0.3) is 10.0 Å². The Kier molecular flexibility index (Phi) is 4.07. The Morgan fingerprint density at radius 1 is 0.909 bits per heavy atom. The molecule has 116 valence electrons. The highest BCUT2D eigenvalue weighted by molar-refractivity contribution is 7.92. The number of aryl methyl sites for hydroxylation is 1. The van der Waals surface area contributed by atoms with E-state index in [-0.39, 0.29) is 4.90 Å². The van der Waals surface area contributed by atoms with Crippen molar-refractivity contribution in [1.82, 2.24) is 0 Å². The number of hydrogen-bond donors (Lipinski definition) is 1. The van der Waals surface area contributed by atoms with Gasteiger partial charge in [-0.05, 0) is 56.2 Å². The molecule has 0 atom stereocenters. The fourth-order valence-corrected chi connectivity index (χ4v) is 3.71. The SMILES string of the molecule is Cc1ccc(S(=O)(=O)Nc2ccc(N3CCCC3)cc2)cc1. The van der Waals surface area contributed by atoms with Crippen molar-refractivity contribution in [2.45, 2.75) is 24.7 Å². The summed E-state index contributed by atoms with van der Waals surface area (Å²) in [6.45, 7) is 4.09. The second-order valence-corrected chi connectivity index (χ2v) is 7.34.